The predicted octanol–water partition coefficient (Wildman–Crippen LogP) is 3.74. The minimum Gasteiger partial charge on any atom is -0.493 e. The number of alkyl halides is 1. The van der Waals surface area contributed by atoms with Crippen LogP contribution < -0.4 is 4.74 Å². The van der Waals surface area contributed by atoms with E-state index in [4.69, 9.17) is 9.47 Å². The fraction of sp³-hybridized carbons (Fsp3) is 0.368. The van der Waals surface area contributed by atoms with Gasteiger partial charge in [-0.25, -0.2) is 0 Å². The van der Waals surface area contributed by atoms with Crippen LogP contribution in [0.15, 0.2) is 42.6 Å². The molecule has 0 fully saturated rings. The van der Waals surface area contributed by atoms with Gasteiger partial charge in [-0.15, -0.1) is 0 Å². The van der Waals surface area contributed by atoms with Crippen molar-refractivity contribution in [2.45, 2.75) is 31.0 Å². The third-order valence-corrected chi connectivity index (χ3v) is 4.41. The minimum absolute atomic E-state index is 0.267. The summed E-state index contributed by atoms with van der Waals surface area (Å²) >= 11 is 3.32. The molecule has 2 aromatic rings. The Balaban J connectivity index is 1.79. The number of benzene rings is 1. The molecule has 0 radical (unpaired) electrons. The van der Waals surface area contributed by atoms with Gasteiger partial charge >= 0.3 is 5.97 Å². The van der Waals surface area contributed by atoms with Crippen LogP contribution in [0.4, 0.5) is 0 Å². The summed E-state index contributed by atoms with van der Waals surface area (Å²) in [5, 5.41) is 0. The summed E-state index contributed by atoms with van der Waals surface area (Å²) in [6.07, 6.45) is 4.28. The van der Waals surface area contributed by atoms with Gasteiger partial charge in [0.1, 0.15) is 10.6 Å². The Kier molecular flexibility index (Phi) is 7.25. The number of esters is 1. The maximum Gasteiger partial charge on any atom is 0.319 e. The second kappa shape index (κ2) is 9.42. The van der Waals surface area contributed by atoms with E-state index in [0.29, 0.717) is 13.0 Å². The highest BCUT2D eigenvalue weighted by molar-refractivity contribution is 9.10. The lowest BCUT2D eigenvalue weighted by Crippen LogP contribution is -2.17. The number of carbonyl (C=O) groups excluding carboxylic acids is 1. The van der Waals surface area contributed by atoms with E-state index in [1.165, 1.54) is 12.7 Å². The van der Waals surface area contributed by atoms with E-state index in [1.54, 1.807) is 0 Å². The standard InChI is InChI=1S/C19H22BrNO3/c1-3-14-4-7-16(21-13-14)10-11-24-17-8-5-15(6-9-17)12-18(20)19(22)23-2/h4-9,13,18H,3,10-12H2,1-2H3/t18-/m1/s1. The highest BCUT2D eigenvalue weighted by atomic mass is 79.9. The van der Waals surface area contributed by atoms with E-state index in [0.717, 1.165) is 29.8 Å². The van der Waals surface area contributed by atoms with Gasteiger partial charge in [0.05, 0.1) is 13.7 Å². The molecule has 0 bridgehead atoms. The number of hydrogen-bond acceptors (Lipinski definition) is 4. The third kappa shape index (κ3) is 5.64. The zero-order chi connectivity index (χ0) is 17.4. The number of carbonyl (C=O) groups is 1. The van der Waals surface area contributed by atoms with Crippen LogP contribution in [0.3, 0.4) is 0 Å². The van der Waals surface area contributed by atoms with Gasteiger partial charge < -0.3 is 9.47 Å². The monoisotopic (exact) mass is 391 g/mol. The molecule has 0 aliphatic rings. The molecule has 0 unspecified atom stereocenters. The zero-order valence-corrected chi connectivity index (χ0v) is 15.6. The Hall–Kier alpha value is -1.88. The molecule has 0 aliphatic heterocycles. The van der Waals surface area contributed by atoms with Crippen LogP contribution in [0, 0.1) is 0 Å². The number of nitrogens with zero attached hydrogens (tertiary/aromatic N) is 1. The second-order valence-corrected chi connectivity index (χ2v) is 6.55. The quantitative estimate of drug-likeness (QED) is 0.507. The molecule has 2 rings (SSSR count). The van der Waals surface area contributed by atoms with Gasteiger partial charge in [0, 0.05) is 18.3 Å². The Morgan fingerprint density at radius 1 is 1.17 bits per heavy atom. The molecule has 128 valence electrons. The molecule has 1 aromatic heterocycles. The molecule has 0 spiro atoms. The lowest BCUT2D eigenvalue weighted by Gasteiger charge is -2.09. The van der Waals surface area contributed by atoms with Crippen LogP contribution in [0.1, 0.15) is 23.7 Å². The van der Waals surface area contributed by atoms with Crippen molar-refractivity contribution >= 4 is 21.9 Å². The van der Waals surface area contributed by atoms with Crippen molar-refractivity contribution in [1.29, 1.82) is 0 Å². The third-order valence-electron chi connectivity index (χ3n) is 3.72. The van der Waals surface area contributed by atoms with Crippen LogP contribution in [0.5, 0.6) is 5.75 Å². The Bertz CT molecular complexity index is 641. The number of aromatic nitrogens is 1. The van der Waals surface area contributed by atoms with Crippen LogP contribution in [0.2, 0.25) is 0 Å². The van der Waals surface area contributed by atoms with Crippen molar-refractivity contribution in [3.8, 4) is 5.75 Å². The van der Waals surface area contributed by atoms with Gasteiger partial charge in [-0.2, -0.15) is 0 Å². The smallest absolute Gasteiger partial charge is 0.319 e. The summed E-state index contributed by atoms with van der Waals surface area (Å²) in [4.78, 5) is 15.5. The first-order valence-electron chi connectivity index (χ1n) is 7.99. The summed E-state index contributed by atoms with van der Waals surface area (Å²) in [5.74, 6) is 0.546. The fourth-order valence-corrected chi connectivity index (χ4v) is 2.79. The van der Waals surface area contributed by atoms with Gasteiger partial charge in [0.25, 0.3) is 0 Å². The average molecular weight is 392 g/mol. The van der Waals surface area contributed by atoms with Crippen molar-refractivity contribution in [2.75, 3.05) is 13.7 Å². The summed E-state index contributed by atoms with van der Waals surface area (Å²) in [6.45, 7) is 2.70. The van der Waals surface area contributed by atoms with Crippen molar-refractivity contribution < 1.29 is 14.3 Å². The summed E-state index contributed by atoms with van der Waals surface area (Å²) < 4.78 is 10.5. The van der Waals surface area contributed by atoms with Gasteiger partial charge in [0.15, 0.2) is 0 Å². The Morgan fingerprint density at radius 3 is 2.46 bits per heavy atom. The molecular weight excluding hydrogens is 370 g/mol. The molecule has 5 heteroatoms. The first-order valence-corrected chi connectivity index (χ1v) is 8.91. The van der Waals surface area contributed by atoms with Crippen LogP contribution in [-0.4, -0.2) is 29.5 Å². The van der Waals surface area contributed by atoms with Gasteiger partial charge in [-0.05, 0) is 42.2 Å². The maximum atomic E-state index is 11.4. The van der Waals surface area contributed by atoms with Gasteiger partial charge in [-0.3, -0.25) is 9.78 Å². The molecule has 1 atom stereocenters. The number of rotatable bonds is 8. The predicted molar refractivity (Wildman–Crippen MR) is 97.7 cm³/mol. The number of aryl methyl sites for hydroxylation is 1. The first kappa shape index (κ1) is 18.5. The molecule has 1 heterocycles. The van der Waals surface area contributed by atoms with E-state index in [2.05, 4.69) is 33.9 Å². The number of hydrogen-bond donors (Lipinski definition) is 0. The summed E-state index contributed by atoms with van der Waals surface area (Å²) in [5.41, 5.74) is 3.32. The van der Waals surface area contributed by atoms with Crippen molar-refractivity contribution in [3.05, 3.63) is 59.4 Å². The van der Waals surface area contributed by atoms with Crippen molar-refractivity contribution in [1.82, 2.24) is 4.98 Å². The average Bonchev–Trinajstić information content (AvgIpc) is 2.63. The number of pyridine rings is 1. The number of methoxy groups -OCH3 is 1. The summed E-state index contributed by atoms with van der Waals surface area (Å²) in [7, 11) is 1.39. The molecule has 0 saturated heterocycles. The molecule has 4 nitrogen and oxygen atoms in total. The molecular formula is C19H22BrNO3. The number of halogens is 1. The maximum absolute atomic E-state index is 11.4. The van der Waals surface area contributed by atoms with E-state index in [1.807, 2.05) is 36.5 Å². The van der Waals surface area contributed by atoms with E-state index in [-0.39, 0.29) is 10.8 Å². The minimum atomic E-state index is -0.327. The SMILES string of the molecule is CCc1ccc(CCOc2ccc(C[C@@H](Br)C(=O)OC)cc2)nc1. The van der Waals surface area contributed by atoms with E-state index in [9.17, 15) is 4.79 Å². The van der Waals surface area contributed by atoms with Crippen LogP contribution >= 0.6 is 15.9 Å². The molecule has 0 N–H and O–H groups in total. The highest BCUT2D eigenvalue weighted by Crippen LogP contribution is 2.16. The van der Waals surface area contributed by atoms with Crippen molar-refractivity contribution in [3.63, 3.8) is 0 Å². The molecule has 24 heavy (non-hydrogen) atoms. The van der Waals surface area contributed by atoms with Crippen LogP contribution in [-0.2, 0) is 28.8 Å². The second-order valence-electron chi connectivity index (χ2n) is 5.45. The molecule has 0 amide bonds. The fourth-order valence-electron chi connectivity index (χ4n) is 2.23. The lowest BCUT2D eigenvalue weighted by atomic mass is 10.1. The lowest BCUT2D eigenvalue weighted by molar-refractivity contribution is -0.139. The first-order chi connectivity index (χ1) is 11.6. The number of ether oxygens (including phenoxy) is 2. The van der Waals surface area contributed by atoms with E-state index < -0.39 is 0 Å². The van der Waals surface area contributed by atoms with E-state index >= 15 is 0 Å². The Labute approximate surface area is 151 Å². The Morgan fingerprint density at radius 2 is 1.88 bits per heavy atom. The normalized spacial score (nSPS) is 11.8. The summed E-state index contributed by atoms with van der Waals surface area (Å²) in [6, 6.07) is 11.9. The van der Waals surface area contributed by atoms with Gasteiger partial charge in [-0.1, -0.05) is 41.1 Å². The molecule has 0 saturated carbocycles. The zero-order valence-electron chi connectivity index (χ0n) is 14.0. The van der Waals surface area contributed by atoms with Gasteiger partial charge in [0.2, 0.25) is 0 Å². The largest absolute Gasteiger partial charge is 0.493 e. The highest BCUT2D eigenvalue weighted by Gasteiger charge is 2.15. The molecule has 1 aromatic carbocycles. The van der Waals surface area contributed by atoms with Crippen molar-refractivity contribution in [2.24, 2.45) is 0 Å². The molecule has 0 aliphatic carbocycles. The topological polar surface area (TPSA) is 48.4 Å². The van der Waals surface area contributed by atoms with Crippen LogP contribution in [0.25, 0.3) is 0 Å².